The third-order valence-corrected chi connectivity index (χ3v) is 3.52. The topological polar surface area (TPSA) is 29.5 Å². The molecule has 0 aromatic rings. The zero-order valence-corrected chi connectivity index (χ0v) is 10.8. The SMILES string of the molecule is CCCCC[C@H]1CCCCCC[C@H](CO)O1. The molecule has 0 aromatic carbocycles. The number of ether oxygens (including phenoxy) is 1. The van der Waals surface area contributed by atoms with Crippen LogP contribution in [0.3, 0.4) is 0 Å². The van der Waals surface area contributed by atoms with Crippen molar-refractivity contribution in [1.29, 1.82) is 0 Å². The highest BCUT2D eigenvalue weighted by Gasteiger charge is 2.17. The number of aliphatic hydroxyl groups is 1. The second-order valence-corrected chi connectivity index (χ2v) is 5.05. The highest BCUT2D eigenvalue weighted by Crippen LogP contribution is 2.21. The summed E-state index contributed by atoms with van der Waals surface area (Å²) in [6.45, 7) is 2.44. The van der Waals surface area contributed by atoms with Crippen molar-refractivity contribution >= 4 is 0 Å². The molecule has 1 aliphatic rings. The third kappa shape index (κ3) is 5.86. The van der Waals surface area contributed by atoms with E-state index in [2.05, 4.69) is 6.92 Å². The molecule has 0 bridgehead atoms. The molecule has 0 radical (unpaired) electrons. The van der Waals surface area contributed by atoms with Gasteiger partial charge < -0.3 is 9.84 Å². The minimum Gasteiger partial charge on any atom is -0.394 e. The van der Waals surface area contributed by atoms with E-state index < -0.39 is 0 Å². The van der Waals surface area contributed by atoms with Crippen molar-refractivity contribution in [1.82, 2.24) is 0 Å². The Hall–Kier alpha value is -0.0800. The fourth-order valence-corrected chi connectivity index (χ4v) is 2.47. The van der Waals surface area contributed by atoms with Gasteiger partial charge in [0.2, 0.25) is 0 Å². The molecular weight excluding hydrogens is 200 g/mol. The van der Waals surface area contributed by atoms with Crippen molar-refractivity contribution in [2.75, 3.05) is 6.61 Å². The van der Waals surface area contributed by atoms with Gasteiger partial charge in [0, 0.05) is 0 Å². The lowest BCUT2D eigenvalue weighted by molar-refractivity contribution is -0.0489. The molecule has 0 spiro atoms. The van der Waals surface area contributed by atoms with Crippen LogP contribution in [-0.2, 0) is 4.74 Å². The monoisotopic (exact) mass is 228 g/mol. The lowest BCUT2D eigenvalue weighted by Gasteiger charge is -2.22. The van der Waals surface area contributed by atoms with Crippen LogP contribution < -0.4 is 0 Å². The number of rotatable bonds is 5. The highest BCUT2D eigenvalue weighted by molar-refractivity contribution is 4.67. The summed E-state index contributed by atoms with van der Waals surface area (Å²) < 4.78 is 6.02. The van der Waals surface area contributed by atoms with E-state index >= 15 is 0 Å². The molecule has 96 valence electrons. The van der Waals surface area contributed by atoms with Crippen LogP contribution >= 0.6 is 0 Å². The van der Waals surface area contributed by atoms with Gasteiger partial charge >= 0.3 is 0 Å². The summed E-state index contributed by atoms with van der Waals surface area (Å²) >= 11 is 0. The molecule has 1 fully saturated rings. The van der Waals surface area contributed by atoms with Crippen LogP contribution in [0, 0.1) is 0 Å². The predicted molar refractivity (Wildman–Crippen MR) is 67.6 cm³/mol. The largest absolute Gasteiger partial charge is 0.394 e. The van der Waals surface area contributed by atoms with Gasteiger partial charge in [-0.25, -0.2) is 0 Å². The Kier molecular flexibility index (Phi) is 7.87. The molecule has 0 aromatic heterocycles. The molecule has 2 atom stereocenters. The van der Waals surface area contributed by atoms with E-state index in [1.54, 1.807) is 0 Å². The number of aliphatic hydroxyl groups excluding tert-OH is 1. The maximum absolute atomic E-state index is 9.26. The van der Waals surface area contributed by atoms with Crippen LogP contribution in [0.1, 0.15) is 71.1 Å². The van der Waals surface area contributed by atoms with Crippen molar-refractivity contribution in [3.05, 3.63) is 0 Å². The van der Waals surface area contributed by atoms with Gasteiger partial charge in [0.1, 0.15) is 0 Å². The van der Waals surface area contributed by atoms with Crippen LogP contribution in [0.2, 0.25) is 0 Å². The number of hydrogen-bond donors (Lipinski definition) is 1. The summed E-state index contributed by atoms with van der Waals surface area (Å²) in [4.78, 5) is 0. The van der Waals surface area contributed by atoms with E-state index in [0.29, 0.717) is 6.10 Å². The molecular formula is C14H28O2. The highest BCUT2D eigenvalue weighted by atomic mass is 16.5. The maximum atomic E-state index is 9.26. The standard InChI is InChI=1S/C14H28O2/c1-2-3-6-9-13-10-7-4-5-8-11-14(12-15)16-13/h13-15H,2-12H2,1H3/t13-,14+/m0/s1. The average molecular weight is 228 g/mol. The molecule has 0 unspecified atom stereocenters. The van der Waals surface area contributed by atoms with Gasteiger partial charge in [-0.15, -0.1) is 0 Å². The number of unbranched alkanes of at least 4 members (excludes halogenated alkanes) is 2. The van der Waals surface area contributed by atoms with Crippen LogP contribution in [0.15, 0.2) is 0 Å². The Balaban J connectivity index is 2.31. The molecule has 0 amide bonds. The van der Waals surface area contributed by atoms with Gasteiger partial charge in [0.25, 0.3) is 0 Å². The zero-order valence-electron chi connectivity index (χ0n) is 10.8. The fraction of sp³-hybridized carbons (Fsp3) is 1.00. The van der Waals surface area contributed by atoms with Crippen molar-refractivity contribution < 1.29 is 9.84 Å². The minimum atomic E-state index is 0.102. The Morgan fingerprint density at radius 3 is 2.31 bits per heavy atom. The molecule has 2 heteroatoms. The summed E-state index contributed by atoms with van der Waals surface area (Å²) in [6, 6.07) is 0. The lowest BCUT2D eigenvalue weighted by atomic mass is 10.0. The average Bonchev–Trinajstić information content (AvgIpc) is 2.41. The zero-order chi connectivity index (χ0) is 11.6. The van der Waals surface area contributed by atoms with Gasteiger partial charge in [-0.05, 0) is 19.3 Å². The summed E-state index contributed by atoms with van der Waals surface area (Å²) in [5, 5.41) is 9.26. The van der Waals surface area contributed by atoms with Crippen LogP contribution in [-0.4, -0.2) is 23.9 Å². The molecule has 1 aliphatic heterocycles. The first-order chi connectivity index (χ1) is 7.86. The quantitative estimate of drug-likeness (QED) is 0.728. The Morgan fingerprint density at radius 1 is 1.00 bits per heavy atom. The van der Waals surface area contributed by atoms with Crippen molar-refractivity contribution in [3.63, 3.8) is 0 Å². The smallest absolute Gasteiger partial charge is 0.0809 e. The van der Waals surface area contributed by atoms with E-state index in [1.807, 2.05) is 0 Å². The third-order valence-electron chi connectivity index (χ3n) is 3.52. The maximum Gasteiger partial charge on any atom is 0.0809 e. The van der Waals surface area contributed by atoms with Gasteiger partial charge in [0.15, 0.2) is 0 Å². The van der Waals surface area contributed by atoms with Crippen LogP contribution in [0.25, 0.3) is 0 Å². The first-order valence-electron chi connectivity index (χ1n) is 7.13. The fourth-order valence-electron chi connectivity index (χ4n) is 2.47. The summed E-state index contributed by atoms with van der Waals surface area (Å²) in [5.41, 5.74) is 0. The molecule has 1 heterocycles. The van der Waals surface area contributed by atoms with E-state index in [1.165, 1.54) is 57.8 Å². The second kappa shape index (κ2) is 9.00. The molecule has 0 aliphatic carbocycles. The van der Waals surface area contributed by atoms with Crippen LogP contribution in [0.4, 0.5) is 0 Å². The van der Waals surface area contributed by atoms with Crippen molar-refractivity contribution in [2.45, 2.75) is 83.3 Å². The van der Waals surface area contributed by atoms with E-state index in [0.717, 1.165) is 6.42 Å². The van der Waals surface area contributed by atoms with E-state index in [4.69, 9.17) is 4.74 Å². The van der Waals surface area contributed by atoms with Crippen molar-refractivity contribution in [3.8, 4) is 0 Å². The van der Waals surface area contributed by atoms with Gasteiger partial charge in [-0.1, -0.05) is 51.9 Å². The van der Waals surface area contributed by atoms with Gasteiger partial charge in [0.05, 0.1) is 18.8 Å². The summed E-state index contributed by atoms with van der Waals surface area (Å²) in [6.07, 6.45) is 13.0. The molecule has 1 N–H and O–H groups in total. The van der Waals surface area contributed by atoms with Crippen molar-refractivity contribution in [2.24, 2.45) is 0 Å². The second-order valence-electron chi connectivity index (χ2n) is 5.05. The Morgan fingerprint density at radius 2 is 1.69 bits per heavy atom. The summed E-state index contributed by atoms with van der Waals surface area (Å²) in [7, 11) is 0. The predicted octanol–water partition coefficient (Wildman–Crippen LogP) is 3.67. The Bertz CT molecular complexity index is 159. The molecule has 0 saturated carbocycles. The van der Waals surface area contributed by atoms with Crippen LogP contribution in [0.5, 0.6) is 0 Å². The van der Waals surface area contributed by atoms with Gasteiger partial charge in [-0.2, -0.15) is 0 Å². The minimum absolute atomic E-state index is 0.102. The van der Waals surface area contributed by atoms with E-state index in [9.17, 15) is 5.11 Å². The summed E-state index contributed by atoms with van der Waals surface area (Å²) in [5.74, 6) is 0. The normalized spacial score (nSPS) is 28.1. The first-order valence-corrected chi connectivity index (χ1v) is 7.13. The molecule has 1 rings (SSSR count). The molecule has 1 saturated heterocycles. The molecule has 16 heavy (non-hydrogen) atoms. The lowest BCUT2D eigenvalue weighted by Crippen LogP contribution is -2.25. The molecule has 2 nitrogen and oxygen atoms in total. The van der Waals surface area contributed by atoms with Gasteiger partial charge in [-0.3, -0.25) is 0 Å². The number of hydrogen-bond acceptors (Lipinski definition) is 2. The van der Waals surface area contributed by atoms with E-state index in [-0.39, 0.29) is 12.7 Å². The first kappa shape index (κ1) is 14.0. The Labute approximate surface area is 100 Å².